The number of hydrogen-bond acceptors (Lipinski definition) is 5. The quantitative estimate of drug-likeness (QED) is 0.509. The van der Waals surface area contributed by atoms with Crippen LogP contribution >= 0.6 is 0 Å². The van der Waals surface area contributed by atoms with E-state index in [0.717, 1.165) is 16.5 Å². The maximum absolute atomic E-state index is 12.2. The number of hydrogen-bond donors (Lipinski definition) is 3. The molecule has 2 aromatic carbocycles. The van der Waals surface area contributed by atoms with E-state index >= 15 is 0 Å². The number of ether oxygens (including phenoxy) is 1. The number of carbonyl (C=O) groups is 3. The molecule has 0 spiro atoms. The van der Waals surface area contributed by atoms with Gasteiger partial charge in [-0.2, -0.15) is 0 Å². The molecule has 0 unspecified atom stereocenters. The predicted octanol–water partition coefficient (Wildman–Crippen LogP) is 3.24. The third-order valence-electron chi connectivity index (χ3n) is 4.32. The Kier molecular flexibility index (Phi) is 7.16. The lowest BCUT2D eigenvalue weighted by Crippen LogP contribution is -2.39. The molecule has 1 heterocycles. The molecule has 8 nitrogen and oxygen atoms in total. The molecular formula is C23H24N4O4. The fourth-order valence-corrected chi connectivity index (χ4v) is 2.87. The van der Waals surface area contributed by atoms with Crippen LogP contribution in [0, 0.1) is 0 Å². The average molecular weight is 420 g/mol. The topological polar surface area (TPSA) is 109 Å². The number of nitrogens with zero attached hydrogens (tertiary/aromatic N) is 1. The van der Waals surface area contributed by atoms with E-state index in [1.807, 2.05) is 26.0 Å². The summed E-state index contributed by atoms with van der Waals surface area (Å²) in [7, 11) is 0. The van der Waals surface area contributed by atoms with Crippen molar-refractivity contribution in [2.45, 2.75) is 26.4 Å². The first-order chi connectivity index (χ1) is 14.9. The predicted molar refractivity (Wildman–Crippen MR) is 118 cm³/mol. The summed E-state index contributed by atoms with van der Waals surface area (Å²) in [6.07, 6.45) is 1.68. The molecule has 3 aromatic rings. The molecule has 0 aliphatic heterocycles. The molecule has 31 heavy (non-hydrogen) atoms. The summed E-state index contributed by atoms with van der Waals surface area (Å²) in [6, 6.07) is 15.4. The van der Waals surface area contributed by atoms with Crippen molar-refractivity contribution in [1.29, 1.82) is 0 Å². The number of benzene rings is 2. The van der Waals surface area contributed by atoms with Crippen molar-refractivity contribution in [3.63, 3.8) is 0 Å². The van der Waals surface area contributed by atoms with Gasteiger partial charge in [-0.3, -0.25) is 9.78 Å². The molecule has 0 bridgehead atoms. The number of nitrogens with one attached hydrogen (secondary N) is 3. The zero-order valence-electron chi connectivity index (χ0n) is 17.3. The van der Waals surface area contributed by atoms with Gasteiger partial charge >= 0.3 is 12.0 Å². The van der Waals surface area contributed by atoms with Gasteiger partial charge in [0.25, 0.3) is 5.91 Å². The largest absolute Gasteiger partial charge is 0.452 e. The van der Waals surface area contributed by atoms with Gasteiger partial charge in [0.1, 0.15) is 0 Å². The Bertz CT molecular complexity index is 1080. The molecule has 0 aliphatic carbocycles. The second-order valence-electron chi connectivity index (χ2n) is 7.18. The first kappa shape index (κ1) is 21.8. The van der Waals surface area contributed by atoms with Gasteiger partial charge in [-0.25, -0.2) is 9.59 Å². The zero-order valence-corrected chi connectivity index (χ0v) is 17.3. The van der Waals surface area contributed by atoms with Crippen LogP contribution < -0.4 is 16.0 Å². The summed E-state index contributed by atoms with van der Waals surface area (Å²) in [5, 5.41) is 9.00. The van der Waals surface area contributed by atoms with Gasteiger partial charge in [-0.05, 0) is 55.8 Å². The highest BCUT2D eigenvalue weighted by atomic mass is 16.5. The number of amides is 3. The number of fused-ring (bicyclic) bond motifs is 1. The van der Waals surface area contributed by atoms with Crippen LogP contribution in [0.25, 0.3) is 10.9 Å². The molecule has 160 valence electrons. The SMILES string of the molecule is CC(C)NC(=O)NCc1ccc(C(=O)OCC(=O)Nc2cccc3ncccc23)cc1. The minimum Gasteiger partial charge on any atom is -0.452 e. The van der Waals surface area contributed by atoms with E-state index in [4.69, 9.17) is 4.74 Å². The molecule has 0 aliphatic rings. The summed E-state index contributed by atoms with van der Waals surface area (Å²) in [6.45, 7) is 3.67. The van der Waals surface area contributed by atoms with E-state index in [-0.39, 0.29) is 12.1 Å². The number of pyridine rings is 1. The summed E-state index contributed by atoms with van der Waals surface area (Å²) in [5.41, 5.74) is 2.51. The van der Waals surface area contributed by atoms with Crippen molar-refractivity contribution in [3.8, 4) is 0 Å². The molecule has 3 N–H and O–H groups in total. The van der Waals surface area contributed by atoms with Gasteiger partial charge in [-0.1, -0.05) is 18.2 Å². The van der Waals surface area contributed by atoms with Crippen molar-refractivity contribution in [2.24, 2.45) is 0 Å². The molecule has 0 saturated heterocycles. The van der Waals surface area contributed by atoms with Gasteiger partial charge in [0.05, 0.1) is 16.8 Å². The van der Waals surface area contributed by atoms with Crippen LogP contribution in [-0.4, -0.2) is 35.5 Å². The average Bonchev–Trinajstić information content (AvgIpc) is 2.76. The first-order valence-corrected chi connectivity index (χ1v) is 9.86. The van der Waals surface area contributed by atoms with Gasteiger partial charge in [0.15, 0.2) is 6.61 Å². The normalized spacial score (nSPS) is 10.5. The fourth-order valence-electron chi connectivity index (χ4n) is 2.87. The van der Waals surface area contributed by atoms with Crippen LogP contribution in [0.4, 0.5) is 10.5 Å². The molecule has 0 fully saturated rings. The third-order valence-corrected chi connectivity index (χ3v) is 4.32. The minimum absolute atomic E-state index is 0.0478. The number of rotatable bonds is 7. The van der Waals surface area contributed by atoms with Crippen molar-refractivity contribution in [1.82, 2.24) is 15.6 Å². The van der Waals surface area contributed by atoms with Gasteiger partial charge in [0.2, 0.25) is 0 Å². The third kappa shape index (κ3) is 6.27. The van der Waals surface area contributed by atoms with Gasteiger partial charge in [-0.15, -0.1) is 0 Å². The van der Waals surface area contributed by atoms with Crippen molar-refractivity contribution < 1.29 is 19.1 Å². The summed E-state index contributed by atoms with van der Waals surface area (Å²) < 4.78 is 5.11. The summed E-state index contributed by atoms with van der Waals surface area (Å²) >= 11 is 0. The Balaban J connectivity index is 1.50. The van der Waals surface area contributed by atoms with E-state index in [1.165, 1.54) is 0 Å². The number of anilines is 1. The van der Waals surface area contributed by atoms with Gasteiger partial charge < -0.3 is 20.7 Å². The molecule has 0 radical (unpaired) electrons. The van der Waals surface area contributed by atoms with Crippen molar-refractivity contribution in [3.05, 3.63) is 71.9 Å². The van der Waals surface area contributed by atoms with Crippen LogP contribution in [-0.2, 0) is 16.1 Å². The number of esters is 1. The summed E-state index contributed by atoms with van der Waals surface area (Å²) in [5.74, 6) is -1.05. The second-order valence-corrected chi connectivity index (χ2v) is 7.18. The molecule has 0 saturated carbocycles. The monoisotopic (exact) mass is 420 g/mol. The Morgan fingerprint density at radius 1 is 1.00 bits per heavy atom. The van der Waals surface area contributed by atoms with Crippen molar-refractivity contribution >= 4 is 34.5 Å². The number of carbonyl (C=O) groups excluding carboxylic acids is 3. The highest BCUT2D eigenvalue weighted by molar-refractivity contribution is 6.02. The Hall–Kier alpha value is -3.94. The van der Waals surface area contributed by atoms with Gasteiger partial charge in [0, 0.05) is 24.2 Å². The highest BCUT2D eigenvalue weighted by Crippen LogP contribution is 2.21. The molecule has 1 aromatic heterocycles. The standard InChI is InChI=1S/C23H24N4O4/c1-15(2)26-23(30)25-13-16-8-10-17(11-9-16)22(29)31-14-21(28)27-20-7-3-6-19-18(20)5-4-12-24-19/h3-12,15H,13-14H2,1-2H3,(H,27,28)(H2,25,26,30). The Morgan fingerprint density at radius 2 is 1.77 bits per heavy atom. The molecule has 3 amide bonds. The first-order valence-electron chi connectivity index (χ1n) is 9.86. The molecule has 0 atom stereocenters. The smallest absolute Gasteiger partial charge is 0.338 e. The van der Waals surface area contributed by atoms with E-state index < -0.39 is 18.5 Å². The molecular weight excluding hydrogens is 396 g/mol. The van der Waals surface area contributed by atoms with E-state index in [1.54, 1.807) is 48.7 Å². The molecule has 3 rings (SSSR count). The van der Waals surface area contributed by atoms with Crippen LogP contribution in [0.3, 0.4) is 0 Å². The maximum Gasteiger partial charge on any atom is 0.338 e. The van der Waals surface area contributed by atoms with Crippen LogP contribution in [0.1, 0.15) is 29.8 Å². The fraction of sp³-hybridized carbons (Fsp3) is 0.217. The van der Waals surface area contributed by atoms with Crippen LogP contribution in [0.5, 0.6) is 0 Å². The lowest BCUT2D eigenvalue weighted by Gasteiger charge is -2.10. The lowest BCUT2D eigenvalue weighted by molar-refractivity contribution is -0.119. The van der Waals surface area contributed by atoms with E-state index in [2.05, 4.69) is 20.9 Å². The van der Waals surface area contributed by atoms with Crippen LogP contribution in [0.15, 0.2) is 60.8 Å². The Labute approximate surface area is 180 Å². The van der Waals surface area contributed by atoms with E-state index in [9.17, 15) is 14.4 Å². The second kappa shape index (κ2) is 10.2. The lowest BCUT2D eigenvalue weighted by atomic mass is 10.1. The number of urea groups is 1. The van der Waals surface area contributed by atoms with E-state index in [0.29, 0.717) is 17.8 Å². The zero-order chi connectivity index (χ0) is 22.2. The minimum atomic E-state index is -0.605. The highest BCUT2D eigenvalue weighted by Gasteiger charge is 2.12. The van der Waals surface area contributed by atoms with Crippen LogP contribution in [0.2, 0.25) is 0 Å². The Morgan fingerprint density at radius 3 is 2.52 bits per heavy atom. The van der Waals surface area contributed by atoms with Crippen molar-refractivity contribution in [2.75, 3.05) is 11.9 Å². The molecule has 8 heteroatoms. The maximum atomic E-state index is 12.2. The summed E-state index contributed by atoms with van der Waals surface area (Å²) in [4.78, 5) is 40.3. The number of aromatic nitrogens is 1.